The van der Waals surface area contributed by atoms with E-state index in [0.29, 0.717) is 5.92 Å². The van der Waals surface area contributed by atoms with Crippen molar-refractivity contribution in [2.45, 2.75) is 37.9 Å². The number of methoxy groups -OCH3 is 1. The number of rotatable bonds is 3. The van der Waals surface area contributed by atoms with Gasteiger partial charge in [-0.15, -0.1) is 0 Å². The molecule has 1 spiro atoms. The highest BCUT2D eigenvalue weighted by atomic mass is 19.4. The molecule has 0 bridgehead atoms. The smallest absolute Gasteiger partial charge is 0.416 e. The van der Waals surface area contributed by atoms with Gasteiger partial charge in [-0.05, 0) is 72.6 Å². The summed E-state index contributed by atoms with van der Waals surface area (Å²) in [5, 5.41) is 3.67. The molecule has 2 aliphatic rings. The fraction of sp³-hybridized carbons (Fsp3) is 0.429. The molecule has 1 heterocycles. The van der Waals surface area contributed by atoms with Crippen molar-refractivity contribution in [2.24, 2.45) is 5.92 Å². The molecule has 4 rings (SSSR count). The second-order valence-electron chi connectivity index (χ2n) is 7.43. The summed E-state index contributed by atoms with van der Waals surface area (Å²) in [7, 11) is 1.68. The third-order valence-electron chi connectivity index (χ3n) is 5.80. The molecule has 2 aromatic rings. The minimum absolute atomic E-state index is 0.0583. The van der Waals surface area contributed by atoms with Crippen LogP contribution in [0.1, 0.15) is 34.2 Å². The Balaban J connectivity index is 1.57. The van der Waals surface area contributed by atoms with E-state index in [1.165, 1.54) is 23.3 Å². The molecule has 0 amide bonds. The van der Waals surface area contributed by atoms with Crippen LogP contribution in [-0.2, 0) is 24.6 Å². The van der Waals surface area contributed by atoms with E-state index in [4.69, 9.17) is 4.74 Å². The number of ether oxygens (including phenoxy) is 1. The standard InChI is InChI=1S/C21H22F3NO/c1-13-9-15-7-8-25-20(18(15)11-19(13)26-2)12-17(20)10-14-3-5-16(6-4-14)21(22,23)24/h3-6,9,11,17,25H,7-8,10,12H2,1-2H3/t17-,20?/m0/s1. The number of benzene rings is 2. The van der Waals surface area contributed by atoms with Gasteiger partial charge < -0.3 is 10.1 Å². The largest absolute Gasteiger partial charge is 0.496 e. The number of halogens is 3. The minimum atomic E-state index is -4.28. The molecule has 26 heavy (non-hydrogen) atoms. The fourth-order valence-corrected chi connectivity index (χ4v) is 4.34. The van der Waals surface area contributed by atoms with E-state index in [1.807, 2.05) is 0 Å². The Morgan fingerprint density at radius 1 is 1.19 bits per heavy atom. The van der Waals surface area contributed by atoms with Gasteiger partial charge in [0.15, 0.2) is 0 Å². The second kappa shape index (κ2) is 6.02. The highest BCUT2D eigenvalue weighted by Gasteiger charge is 2.56. The summed E-state index contributed by atoms with van der Waals surface area (Å²) in [6.45, 7) is 2.99. The molecule has 1 aliphatic heterocycles. The van der Waals surface area contributed by atoms with Gasteiger partial charge in [0.25, 0.3) is 0 Å². The molecule has 2 atom stereocenters. The van der Waals surface area contributed by atoms with Crippen molar-refractivity contribution in [3.63, 3.8) is 0 Å². The number of alkyl halides is 3. The fourth-order valence-electron chi connectivity index (χ4n) is 4.34. The molecule has 1 aliphatic carbocycles. The summed E-state index contributed by atoms with van der Waals surface area (Å²) in [6.07, 6.45) is -1.50. The van der Waals surface area contributed by atoms with Crippen LogP contribution in [0.2, 0.25) is 0 Å². The predicted octanol–water partition coefficient (Wildman–Crippen LogP) is 4.63. The SMILES string of the molecule is COc1cc2c(cc1C)CCNC21C[C@@H]1Cc1ccc(C(F)(F)F)cc1. The number of hydrogen-bond donors (Lipinski definition) is 1. The van der Waals surface area contributed by atoms with Gasteiger partial charge in [-0.2, -0.15) is 13.2 Å². The first-order chi connectivity index (χ1) is 12.3. The molecule has 1 unspecified atom stereocenters. The van der Waals surface area contributed by atoms with Crippen LogP contribution in [0.4, 0.5) is 13.2 Å². The van der Waals surface area contributed by atoms with Crippen molar-refractivity contribution in [3.05, 3.63) is 64.2 Å². The maximum Gasteiger partial charge on any atom is 0.416 e. The van der Waals surface area contributed by atoms with Gasteiger partial charge in [0.2, 0.25) is 0 Å². The second-order valence-corrected chi connectivity index (χ2v) is 7.43. The Hall–Kier alpha value is -2.01. The van der Waals surface area contributed by atoms with Gasteiger partial charge in [-0.1, -0.05) is 18.2 Å². The van der Waals surface area contributed by atoms with E-state index in [0.717, 1.165) is 42.7 Å². The summed E-state index contributed by atoms with van der Waals surface area (Å²) >= 11 is 0. The highest BCUT2D eigenvalue weighted by molar-refractivity contribution is 5.50. The van der Waals surface area contributed by atoms with Crippen LogP contribution >= 0.6 is 0 Å². The lowest BCUT2D eigenvalue weighted by atomic mass is 9.88. The monoisotopic (exact) mass is 361 g/mol. The van der Waals surface area contributed by atoms with Crippen LogP contribution in [0.25, 0.3) is 0 Å². The summed E-state index contributed by atoms with van der Waals surface area (Å²) in [5.41, 5.74) is 4.10. The molecule has 1 N–H and O–H groups in total. The summed E-state index contributed by atoms with van der Waals surface area (Å²) in [5.74, 6) is 1.29. The first kappa shape index (κ1) is 17.4. The summed E-state index contributed by atoms with van der Waals surface area (Å²) in [6, 6.07) is 9.93. The molecule has 1 fully saturated rings. The van der Waals surface area contributed by atoms with Crippen molar-refractivity contribution in [2.75, 3.05) is 13.7 Å². The molecule has 138 valence electrons. The van der Waals surface area contributed by atoms with Gasteiger partial charge >= 0.3 is 6.18 Å². The van der Waals surface area contributed by atoms with Gasteiger partial charge in [0, 0.05) is 12.1 Å². The van der Waals surface area contributed by atoms with Crippen molar-refractivity contribution in [3.8, 4) is 5.75 Å². The molecular formula is C21H22F3NO. The Morgan fingerprint density at radius 3 is 2.58 bits per heavy atom. The first-order valence-corrected chi connectivity index (χ1v) is 8.92. The number of hydrogen-bond acceptors (Lipinski definition) is 2. The van der Waals surface area contributed by atoms with Crippen molar-refractivity contribution in [1.82, 2.24) is 5.32 Å². The van der Waals surface area contributed by atoms with Crippen molar-refractivity contribution in [1.29, 1.82) is 0 Å². The quantitative estimate of drug-likeness (QED) is 0.861. The first-order valence-electron chi connectivity index (χ1n) is 8.92. The van der Waals surface area contributed by atoms with E-state index in [9.17, 15) is 13.2 Å². The molecular weight excluding hydrogens is 339 g/mol. The zero-order valence-electron chi connectivity index (χ0n) is 14.9. The summed E-state index contributed by atoms with van der Waals surface area (Å²) in [4.78, 5) is 0. The lowest BCUT2D eigenvalue weighted by Gasteiger charge is -2.29. The molecule has 2 nitrogen and oxygen atoms in total. The maximum absolute atomic E-state index is 12.7. The zero-order valence-corrected chi connectivity index (χ0v) is 14.9. The van der Waals surface area contributed by atoms with Crippen LogP contribution in [0.15, 0.2) is 36.4 Å². The van der Waals surface area contributed by atoms with Crippen LogP contribution < -0.4 is 10.1 Å². The van der Waals surface area contributed by atoms with Crippen LogP contribution in [-0.4, -0.2) is 13.7 Å². The van der Waals surface area contributed by atoms with Crippen LogP contribution in [0, 0.1) is 12.8 Å². The number of fused-ring (bicyclic) bond motifs is 2. The normalized spacial score (nSPS) is 24.4. The summed E-state index contributed by atoms with van der Waals surface area (Å²) < 4.78 is 43.7. The Morgan fingerprint density at radius 2 is 1.92 bits per heavy atom. The van der Waals surface area contributed by atoms with Crippen LogP contribution in [0.5, 0.6) is 5.75 Å². The number of nitrogens with one attached hydrogen (secondary N) is 1. The van der Waals surface area contributed by atoms with Gasteiger partial charge in [0.05, 0.1) is 12.7 Å². The lowest BCUT2D eigenvalue weighted by Crippen LogP contribution is -2.38. The van der Waals surface area contributed by atoms with Crippen LogP contribution in [0.3, 0.4) is 0 Å². The van der Waals surface area contributed by atoms with E-state index in [1.54, 1.807) is 19.2 Å². The molecule has 1 saturated carbocycles. The molecule has 5 heteroatoms. The minimum Gasteiger partial charge on any atom is -0.496 e. The third-order valence-corrected chi connectivity index (χ3v) is 5.80. The average molecular weight is 361 g/mol. The van der Waals surface area contributed by atoms with E-state index >= 15 is 0 Å². The Bertz CT molecular complexity index is 828. The van der Waals surface area contributed by atoms with Gasteiger partial charge in [-0.3, -0.25) is 0 Å². The molecule has 0 saturated heterocycles. The van der Waals surface area contributed by atoms with Gasteiger partial charge in [-0.25, -0.2) is 0 Å². The maximum atomic E-state index is 12.7. The third kappa shape index (κ3) is 2.88. The molecule has 2 aromatic carbocycles. The van der Waals surface area contributed by atoms with Crippen molar-refractivity contribution < 1.29 is 17.9 Å². The lowest BCUT2D eigenvalue weighted by molar-refractivity contribution is -0.137. The van der Waals surface area contributed by atoms with Gasteiger partial charge in [0.1, 0.15) is 5.75 Å². The predicted molar refractivity (Wildman–Crippen MR) is 94.4 cm³/mol. The zero-order chi connectivity index (χ0) is 18.5. The van der Waals surface area contributed by atoms with Crippen molar-refractivity contribution >= 4 is 0 Å². The molecule has 0 aromatic heterocycles. The molecule has 0 radical (unpaired) electrons. The van der Waals surface area contributed by atoms with E-state index in [2.05, 4.69) is 24.4 Å². The van der Waals surface area contributed by atoms with E-state index in [-0.39, 0.29) is 5.54 Å². The topological polar surface area (TPSA) is 21.3 Å². The van der Waals surface area contributed by atoms with E-state index < -0.39 is 11.7 Å². The highest BCUT2D eigenvalue weighted by Crippen LogP contribution is 2.56. The Kier molecular flexibility index (Phi) is 4.03. The average Bonchev–Trinajstić information content (AvgIpc) is 3.27. The number of aryl methyl sites for hydroxylation is 1. The Labute approximate surface area is 151 Å².